The van der Waals surface area contributed by atoms with Crippen LogP contribution in [0.3, 0.4) is 0 Å². The quantitative estimate of drug-likeness (QED) is 0.180. The van der Waals surface area contributed by atoms with E-state index in [1.54, 1.807) is 13.8 Å². The van der Waals surface area contributed by atoms with Crippen LogP contribution >= 0.6 is 31.9 Å². The lowest BCUT2D eigenvalue weighted by Crippen LogP contribution is -2.42. The summed E-state index contributed by atoms with van der Waals surface area (Å²) in [5.74, 6) is -2.65. The van der Waals surface area contributed by atoms with Gasteiger partial charge in [0.15, 0.2) is 17.4 Å². The van der Waals surface area contributed by atoms with E-state index >= 15 is 0 Å². The minimum absolute atomic E-state index is 0.107. The number of hydrogen-bond donors (Lipinski definition) is 2. The number of nitrogens with one attached hydrogen (secondary N) is 2. The van der Waals surface area contributed by atoms with Gasteiger partial charge < -0.3 is 34.0 Å². The summed E-state index contributed by atoms with van der Waals surface area (Å²) in [5, 5.41) is 2.45. The maximum absolute atomic E-state index is 12.3. The van der Waals surface area contributed by atoms with Gasteiger partial charge in [-0.2, -0.15) is 0 Å². The number of carbonyl (C=O) groups excluding carboxylic acids is 5. The summed E-state index contributed by atoms with van der Waals surface area (Å²) in [6, 6.07) is 0. The van der Waals surface area contributed by atoms with Crippen LogP contribution in [0.4, 0.5) is 0 Å². The summed E-state index contributed by atoms with van der Waals surface area (Å²) in [6.45, 7) is 3.24. The van der Waals surface area contributed by atoms with Crippen LogP contribution in [0.1, 0.15) is 33.4 Å². The molecule has 2 N–H and O–H groups in total. The summed E-state index contributed by atoms with van der Waals surface area (Å²) in [5.41, 5.74) is 0.955. The molecule has 0 aliphatic heterocycles. The highest BCUT2D eigenvalue weighted by atomic mass is 79.9. The predicted molar refractivity (Wildman–Crippen MR) is 163 cm³/mol. The van der Waals surface area contributed by atoms with Crippen molar-refractivity contribution in [1.82, 2.24) is 15.3 Å². The number of aromatic nitrogens is 2. The number of esters is 4. The minimum atomic E-state index is -1.44. The first-order chi connectivity index (χ1) is 21.2. The molecule has 0 fully saturated rings. The van der Waals surface area contributed by atoms with Gasteiger partial charge in [-0.25, -0.2) is 4.98 Å². The monoisotopic (exact) mass is 757 g/mol. The lowest BCUT2D eigenvalue weighted by atomic mass is 9.84. The second-order valence-corrected chi connectivity index (χ2v) is 12.0. The highest BCUT2D eigenvalue weighted by molar-refractivity contribution is 9.10. The molecular weight excluding hydrogens is 726 g/mol. The third-order valence-corrected chi connectivity index (χ3v) is 9.40. The van der Waals surface area contributed by atoms with E-state index in [9.17, 15) is 28.8 Å². The van der Waals surface area contributed by atoms with Crippen molar-refractivity contribution in [1.29, 1.82) is 0 Å². The van der Waals surface area contributed by atoms with Gasteiger partial charge in [-0.3, -0.25) is 28.8 Å². The van der Waals surface area contributed by atoms with Crippen molar-refractivity contribution in [3.63, 3.8) is 0 Å². The number of carbonyl (C=O) groups is 5. The topological polar surface area (TPSA) is 189 Å². The van der Waals surface area contributed by atoms with Crippen molar-refractivity contribution in [2.75, 3.05) is 42.1 Å². The number of H-pyrrole nitrogens is 1. The Hall–Kier alpha value is -3.79. The number of rotatable bonds is 7. The van der Waals surface area contributed by atoms with Crippen LogP contribution in [0.25, 0.3) is 0 Å². The minimum Gasteiger partial charge on any atom is -0.468 e. The average molecular weight is 759 g/mol. The first-order valence-corrected chi connectivity index (χ1v) is 15.0. The van der Waals surface area contributed by atoms with Crippen LogP contribution in [-0.4, -0.2) is 81.8 Å². The molecule has 0 bridgehead atoms. The van der Waals surface area contributed by atoms with Gasteiger partial charge in [0.25, 0.3) is 11.5 Å². The Morgan fingerprint density at radius 2 is 1.18 bits per heavy atom. The predicted octanol–water partition coefficient (Wildman–Crippen LogP) is 1.59. The lowest BCUT2D eigenvalue weighted by Gasteiger charge is -2.22. The molecule has 0 saturated carbocycles. The van der Waals surface area contributed by atoms with Gasteiger partial charge in [0.2, 0.25) is 5.88 Å². The number of fused-ring (bicyclic) bond motifs is 2. The number of amides is 1. The molecule has 2 heterocycles. The average Bonchev–Trinajstić information content (AvgIpc) is 3.66. The fraction of sp³-hybridized carbons (Fsp3) is 0.483. The van der Waals surface area contributed by atoms with Crippen LogP contribution in [-0.2, 0) is 68.6 Å². The van der Waals surface area contributed by atoms with E-state index in [-0.39, 0.29) is 49.6 Å². The largest absolute Gasteiger partial charge is 0.468 e. The Labute approximate surface area is 275 Å². The lowest BCUT2D eigenvalue weighted by molar-refractivity contribution is -0.170. The Morgan fingerprint density at radius 1 is 0.756 bits per heavy atom. The molecule has 0 unspecified atom stereocenters. The van der Waals surface area contributed by atoms with E-state index in [2.05, 4.69) is 47.1 Å². The Balaban J connectivity index is 0.000000251. The molecule has 16 heteroatoms. The number of likely N-dealkylation sites (N-methyl/N-ethyl adjacent to an activating group) is 1. The Bertz CT molecular complexity index is 1590. The van der Waals surface area contributed by atoms with Crippen molar-refractivity contribution in [3.05, 3.63) is 52.9 Å². The van der Waals surface area contributed by atoms with Crippen molar-refractivity contribution in [2.45, 2.75) is 39.5 Å². The molecule has 2 aromatic heterocycles. The van der Waals surface area contributed by atoms with Crippen molar-refractivity contribution < 1.29 is 47.7 Å². The normalized spacial score (nSPS) is 15.0. The summed E-state index contributed by atoms with van der Waals surface area (Å²) in [7, 11) is 6.42. The number of methoxy groups -OCH3 is 4. The number of nitrogens with zero attached hydrogens (tertiary/aromatic N) is 1. The molecule has 14 nitrogen and oxygen atoms in total. The zero-order valence-corrected chi connectivity index (χ0v) is 28.9. The number of aromatic amines is 1. The van der Waals surface area contributed by atoms with Crippen LogP contribution in [0.15, 0.2) is 14.0 Å². The van der Waals surface area contributed by atoms with E-state index in [1.807, 2.05) is 0 Å². The first kappa shape index (κ1) is 35.7. The molecular formula is C29H33Br2N3O11. The van der Waals surface area contributed by atoms with Gasteiger partial charge in [-0.1, -0.05) is 0 Å². The number of pyridine rings is 2. The molecule has 1 amide bonds. The van der Waals surface area contributed by atoms with Gasteiger partial charge in [-0.05, 0) is 68.0 Å². The van der Waals surface area contributed by atoms with Crippen LogP contribution in [0.5, 0.6) is 5.88 Å². The third-order valence-electron chi connectivity index (χ3n) is 8.07. The first-order valence-electron chi connectivity index (χ1n) is 13.4. The summed E-state index contributed by atoms with van der Waals surface area (Å²) >= 11 is 6.62. The summed E-state index contributed by atoms with van der Waals surface area (Å²) in [6.07, 6.45) is 0.479. The summed E-state index contributed by atoms with van der Waals surface area (Å²) in [4.78, 5) is 78.9. The van der Waals surface area contributed by atoms with Crippen LogP contribution in [0.2, 0.25) is 0 Å². The van der Waals surface area contributed by atoms with Gasteiger partial charge in [0.1, 0.15) is 4.60 Å². The maximum Gasteiger partial charge on any atom is 0.323 e. The van der Waals surface area contributed by atoms with E-state index in [4.69, 9.17) is 23.7 Å². The second-order valence-electron chi connectivity index (χ2n) is 10.4. The van der Waals surface area contributed by atoms with E-state index in [0.717, 1.165) is 16.7 Å². The molecule has 45 heavy (non-hydrogen) atoms. The highest BCUT2D eigenvalue weighted by Crippen LogP contribution is 2.45. The van der Waals surface area contributed by atoms with Gasteiger partial charge in [-0.15, -0.1) is 0 Å². The molecule has 2 aliphatic rings. The van der Waals surface area contributed by atoms with E-state index < -0.39 is 34.7 Å². The molecule has 0 saturated heterocycles. The Morgan fingerprint density at radius 3 is 1.62 bits per heavy atom. The highest BCUT2D eigenvalue weighted by Gasteiger charge is 2.55. The summed E-state index contributed by atoms with van der Waals surface area (Å²) < 4.78 is 25.6. The fourth-order valence-corrected chi connectivity index (χ4v) is 6.63. The van der Waals surface area contributed by atoms with Crippen LogP contribution < -0.4 is 15.6 Å². The van der Waals surface area contributed by atoms with Gasteiger partial charge in [0.05, 0.1) is 33.0 Å². The molecule has 0 radical (unpaired) electrons. The van der Waals surface area contributed by atoms with Crippen LogP contribution in [0, 0.1) is 24.7 Å². The van der Waals surface area contributed by atoms with Crippen molar-refractivity contribution >= 4 is 61.6 Å². The zero-order valence-electron chi connectivity index (χ0n) is 25.7. The van der Waals surface area contributed by atoms with Gasteiger partial charge in [0, 0.05) is 43.9 Å². The molecule has 244 valence electrons. The van der Waals surface area contributed by atoms with Crippen molar-refractivity contribution in [3.8, 4) is 5.88 Å². The zero-order chi connectivity index (χ0) is 33.9. The molecule has 2 aliphatic carbocycles. The third kappa shape index (κ3) is 6.48. The number of ether oxygens (including phenoxy) is 5. The maximum atomic E-state index is 12.3. The molecule has 4 rings (SSSR count). The number of halogens is 2. The van der Waals surface area contributed by atoms with E-state index in [1.165, 1.54) is 35.5 Å². The standard InChI is InChI=1S/C16H19BrN2O6.C13H14BrNO5/c1-8-9-5-16(14(21)23-3,15(22)24-4)6-10(9)12(17)19-13(8)25-7-11(20)18-2;1-6-7-4-13(11(17)19-2,12(18)20-3)5-8(7)9(14)15-10(6)16/h5-7H2,1-4H3,(H,18,20);4-5H2,1-3H3,(H,15,16). The number of hydrogen-bond acceptors (Lipinski definition) is 12. The molecule has 0 atom stereocenters. The molecule has 0 aromatic carbocycles. The second kappa shape index (κ2) is 14.1. The smallest absolute Gasteiger partial charge is 0.323 e. The van der Waals surface area contributed by atoms with Crippen molar-refractivity contribution in [2.24, 2.45) is 10.8 Å². The molecule has 0 spiro atoms. The van der Waals surface area contributed by atoms with Gasteiger partial charge >= 0.3 is 23.9 Å². The SMILES string of the molecule is CNC(=O)COc1nc(Br)c2c(c1C)CC(C(=O)OC)(C(=O)OC)C2.COC(=O)C1(C(=O)OC)Cc2c(Br)[nH]c(=O)c(C)c2C1. The Kier molecular flexibility index (Phi) is 11.2. The fourth-order valence-electron chi connectivity index (χ4n) is 5.53. The molecule has 2 aromatic rings. The van der Waals surface area contributed by atoms with E-state index in [0.29, 0.717) is 25.9 Å².